The molecule has 38 heavy (non-hydrogen) atoms. The first-order valence-corrected chi connectivity index (χ1v) is 12.7. The van der Waals surface area contributed by atoms with Crippen LogP contribution in [0.25, 0.3) is 11.1 Å². The predicted octanol–water partition coefficient (Wildman–Crippen LogP) is 6.24. The van der Waals surface area contributed by atoms with Gasteiger partial charge < -0.3 is 18.9 Å². The zero-order chi connectivity index (χ0) is 27.2. The average Bonchev–Trinajstić information content (AvgIpc) is 2.95. The van der Waals surface area contributed by atoms with Crippen molar-refractivity contribution in [3.8, 4) is 22.6 Å². The first-order valence-electron chi connectivity index (χ1n) is 11.9. The quantitative estimate of drug-likeness (QED) is 0.0793. The van der Waals surface area contributed by atoms with Crippen molar-refractivity contribution in [2.24, 2.45) is 0 Å². The van der Waals surface area contributed by atoms with E-state index in [2.05, 4.69) is 17.9 Å². The van der Waals surface area contributed by atoms with Crippen LogP contribution in [-0.2, 0) is 19.1 Å². The van der Waals surface area contributed by atoms with Crippen molar-refractivity contribution in [3.63, 3.8) is 0 Å². The standard InChI is InChI=1S/C30H28O7S/c1-3-28(31)36-20-6-5-19-35-25-13-7-22(8-14-25)23-11-17-27(18-12-23)38-30(33)24-9-15-26(16-10-24)37-21-29(32)34-4-2/h3-4,7-18H,1-2,5-6,19-21H2. The van der Waals surface area contributed by atoms with Crippen LogP contribution in [0.5, 0.6) is 11.5 Å². The summed E-state index contributed by atoms with van der Waals surface area (Å²) in [6.45, 7) is 7.31. The number of hydrogen-bond donors (Lipinski definition) is 0. The molecule has 0 aliphatic heterocycles. The van der Waals surface area contributed by atoms with E-state index < -0.39 is 11.9 Å². The Morgan fingerprint density at radius 2 is 1.32 bits per heavy atom. The van der Waals surface area contributed by atoms with E-state index in [4.69, 9.17) is 14.2 Å². The fraction of sp³-hybridized carbons (Fsp3) is 0.167. The van der Waals surface area contributed by atoms with E-state index >= 15 is 0 Å². The summed E-state index contributed by atoms with van der Waals surface area (Å²) in [4.78, 5) is 35.8. The van der Waals surface area contributed by atoms with Crippen LogP contribution in [0.3, 0.4) is 0 Å². The molecule has 0 spiro atoms. The number of thioether (sulfide) groups is 1. The molecule has 3 aromatic carbocycles. The highest BCUT2D eigenvalue weighted by molar-refractivity contribution is 8.14. The van der Waals surface area contributed by atoms with Gasteiger partial charge in [-0.2, -0.15) is 0 Å². The van der Waals surface area contributed by atoms with Crippen LogP contribution in [0.15, 0.2) is 103 Å². The number of rotatable bonds is 14. The van der Waals surface area contributed by atoms with Gasteiger partial charge in [0.2, 0.25) is 5.12 Å². The summed E-state index contributed by atoms with van der Waals surface area (Å²) < 4.78 is 20.6. The Labute approximate surface area is 226 Å². The number of benzene rings is 3. The summed E-state index contributed by atoms with van der Waals surface area (Å²) in [5, 5.41) is -0.101. The number of carbonyl (C=O) groups is 3. The third-order valence-electron chi connectivity index (χ3n) is 5.13. The highest BCUT2D eigenvalue weighted by atomic mass is 32.2. The Hall–Kier alpha value is -4.30. The van der Waals surface area contributed by atoms with Gasteiger partial charge in [0.1, 0.15) is 11.5 Å². The normalized spacial score (nSPS) is 10.2. The van der Waals surface area contributed by atoms with Gasteiger partial charge in [0, 0.05) is 16.5 Å². The molecule has 0 saturated carbocycles. The molecule has 8 heteroatoms. The molecule has 0 unspecified atom stereocenters. The molecule has 0 aliphatic carbocycles. The van der Waals surface area contributed by atoms with E-state index in [1.165, 1.54) is 0 Å². The lowest BCUT2D eigenvalue weighted by Crippen LogP contribution is -2.12. The second kappa shape index (κ2) is 15.1. The first kappa shape index (κ1) is 28.3. The second-order valence-corrected chi connectivity index (χ2v) is 8.88. The minimum Gasteiger partial charge on any atom is -0.494 e. The number of carbonyl (C=O) groups excluding carboxylic acids is 3. The van der Waals surface area contributed by atoms with Crippen molar-refractivity contribution in [3.05, 3.63) is 104 Å². The van der Waals surface area contributed by atoms with Crippen molar-refractivity contribution in [1.82, 2.24) is 0 Å². The Morgan fingerprint density at radius 1 is 0.737 bits per heavy atom. The van der Waals surface area contributed by atoms with Gasteiger partial charge in [-0.05, 0) is 84.3 Å². The zero-order valence-electron chi connectivity index (χ0n) is 20.8. The fourth-order valence-electron chi connectivity index (χ4n) is 3.21. The van der Waals surface area contributed by atoms with Crippen LogP contribution in [-0.4, -0.2) is 36.9 Å². The van der Waals surface area contributed by atoms with Crippen molar-refractivity contribution >= 4 is 28.8 Å². The summed E-state index contributed by atoms with van der Waals surface area (Å²) in [5.74, 6) is 0.256. The molecule has 0 heterocycles. The highest BCUT2D eigenvalue weighted by Gasteiger charge is 2.10. The van der Waals surface area contributed by atoms with Gasteiger partial charge in [-0.25, -0.2) is 9.59 Å². The predicted molar refractivity (Wildman–Crippen MR) is 146 cm³/mol. The van der Waals surface area contributed by atoms with Crippen molar-refractivity contribution in [1.29, 1.82) is 0 Å². The Kier molecular flexibility index (Phi) is 11.2. The molecule has 0 amide bonds. The summed E-state index contributed by atoms with van der Waals surface area (Å²) in [6, 6.07) is 22.1. The molecule has 196 valence electrons. The Morgan fingerprint density at radius 3 is 1.95 bits per heavy atom. The first-order chi connectivity index (χ1) is 18.5. The lowest BCUT2D eigenvalue weighted by molar-refractivity contribution is -0.140. The van der Waals surface area contributed by atoms with Crippen LogP contribution < -0.4 is 9.47 Å². The van der Waals surface area contributed by atoms with Crippen molar-refractivity contribution in [2.45, 2.75) is 17.7 Å². The maximum Gasteiger partial charge on any atom is 0.348 e. The van der Waals surface area contributed by atoms with Gasteiger partial charge in [-0.1, -0.05) is 37.4 Å². The fourth-order valence-corrected chi connectivity index (χ4v) is 3.95. The van der Waals surface area contributed by atoms with Gasteiger partial charge in [0.05, 0.1) is 19.5 Å². The van der Waals surface area contributed by atoms with Gasteiger partial charge >= 0.3 is 11.9 Å². The van der Waals surface area contributed by atoms with E-state index in [0.717, 1.165) is 58.7 Å². The third-order valence-corrected chi connectivity index (χ3v) is 6.06. The SMILES string of the molecule is C=COC(=O)COc1ccc(C(=O)Sc2ccc(-c3ccc(OCCCCOC(=O)C=C)cc3)cc2)cc1. The van der Waals surface area contributed by atoms with Crippen LogP contribution in [0.1, 0.15) is 23.2 Å². The van der Waals surface area contributed by atoms with E-state index in [1.54, 1.807) is 24.3 Å². The number of unbranched alkanes of at least 4 members (excludes halogenated alkanes) is 1. The number of hydrogen-bond acceptors (Lipinski definition) is 8. The number of esters is 2. The molecule has 0 aliphatic rings. The Bertz CT molecular complexity index is 1230. The van der Waals surface area contributed by atoms with Crippen LogP contribution >= 0.6 is 11.8 Å². The summed E-state index contributed by atoms with van der Waals surface area (Å²) in [7, 11) is 0. The molecule has 0 bridgehead atoms. The van der Waals surface area contributed by atoms with Crippen molar-refractivity contribution < 1.29 is 33.3 Å². The molecule has 0 aromatic heterocycles. The molecule has 3 rings (SSSR count). The maximum absolute atomic E-state index is 12.7. The van der Waals surface area contributed by atoms with Crippen LogP contribution in [0.4, 0.5) is 0 Å². The molecule has 3 aromatic rings. The largest absolute Gasteiger partial charge is 0.494 e. The lowest BCUT2D eigenvalue weighted by atomic mass is 10.1. The molecule has 0 N–H and O–H groups in total. The minimum absolute atomic E-state index is 0.101. The van der Waals surface area contributed by atoms with Gasteiger partial charge in [-0.3, -0.25) is 4.79 Å². The molecular weight excluding hydrogens is 504 g/mol. The van der Waals surface area contributed by atoms with E-state index in [9.17, 15) is 14.4 Å². The molecule has 0 atom stereocenters. The lowest BCUT2D eigenvalue weighted by Gasteiger charge is -2.08. The monoisotopic (exact) mass is 532 g/mol. The highest BCUT2D eigenvalue weighted by Crippen LogP contribution is 2.28. The minimum atomic E-state index is -0.555. The topological polar surface area (TPSA) is 88.1 Å². The third kappa shape index (κ3) is 9.29. The molecule has 7 nitrogen and oxygen atoms in total. The van der Waals surface area contributed by atoms with Gasteiger partial charge in [0.25, 0.3) is 0 Å². The summed E-state index contributed by atoms with van der Waals surface area (Å²) in [6.07, 6.45) is 3.69. The molecular formula is C30H28O7S. The van der Waals surface area contributed by atoms with E-state index in [1.807, 2.05) is 48.5 Å². The van der Waals surface area contributed by atoms with Gasteiger partial charge in [0.15, 0.2) is 6.61 Å². The van der Waals surface area contributed by atoms with E-state index in [-0.39, 0.29) is 11.7 Å². The summed E-state index contributed by atoms with van der Waals surface area (Å²) in [5.41, 5.74) is 2.58. The number of ether oxygens (including phenoxy) is 4. The van der Waals surface area contributed by atoms with Crippen LogP contribution in [0.2, 0.25) is 0 Å². The average molecular weight is 533 g/mol. The molecule has 0 fully saturated rings. The smallest absolute Gasteiger partial charge is 0.348 e. The summed E-state index contributed by atoms with van der Waals surface area (Å²) >= 11 is 1.13. The van der Waals surface area contributed by atoms with Gasteiger partial charge in [-0.15, -0.1) is 0 Å². The van der Waals surface area contributed by atoms with Crippen molar-refractivity contribution in [2.75, 3.05) is 19.8 Å². The maximum atomic E-state index is 12.7. The molecule has 0 radical (unpaired) electrons. The van der Waals surface area contributed by atoms with E-state index in [0.29, 0.717) is 24.5 Å². The molecule has 0 saturated heterocycles. The Balaban J connectivity index is 1.45. The second-order valence-electron chi connectivity index (χ2n) is 7.84. The zero-order valence-corrected chi connectivity index (χ0v) is 21.6. The van der Waals surface area contributed by atoms with Crippen LogP contribution in [0, 0.1) is 0 Å².